The van der Waals surface area contributed by atoms with Gasteiger partial charge in [-0.05, 0) is 46.9 Å². The molecule has 0 fully saturated rings. The molecule has 0 aliphatic carbocycles. The van der Waals surface area contributed by atoms with E-state index in [0.29, 0.717) is 18.6 Å². The minimum Gasteiger partial charge on any atom is -0.496 e. The normalized spacial score (nSPS) is 10.8. The summed E-state index contributed by atoms with van der Waals surface area (Å²) >= 11 is 0. The Morgan fingerprint density at radius 3 is 2.48 bits per heavy atom. The number of carbonyl (C=O) groups is 1. The molecule has 0 radical (unpaired) electrons. The van der Waals surface area contributed by atoms with Crippen LogP contribution < -0.4 is 4.74 Å². The largest absolute Gasteiger partial charge is 0.496 e. The highest BCUT2D eigenvalue weighted by Gasteiger charge is 2.13. The van der Waals surface area contributed by atoms with Crippen molar-refractivity contribution in [3.05, 3.63) is 66.2 Å². The van der Waals surface area contributed by atoms with Crippen molar-refractivity contribution in [2.24, 2.45) is 0 Å². The molecule has 3 aromatic rings. The molecule has 0 heterocycles. The predicted molar refractivity (Wildman–Crippen MR) is 104 cm³/mol. The lowest BCUT2D eigenvalue weighted by Gasteiger charge is -2.15. The third-order valence-corrected chi connectivity index (χ3v) is 4.57. The summed E-state index contributed by atoms with van der Waals surface area (Å²) in [5.41, 5.74) is 3.40. The van der Waals surface area contributed by atoms with E-state index in [-0.39, 0.29) is 0 Å². The molecule has 0 N–H and O–H groups in total. The van der Waals surface area contributed by atoms with Gasteiger partial charge in [-0.1, -0.05) is 55.5 Å². The molecule has 0 aliphatic rings. The first-order valence-electron chi connectivity index (χ1n) is 8.89. The fourth-order valence-corrected chi connectivity index (χ4v) is 3.31. The van der Waals surface area contributed by atoms with Gasteiger partial charge in [-0.3, -0.25) is 4.79 Å². The maximum atomic E-state index is 12.0. The fourth-order valence-electron chi connectivity index (χ4n) is 3.31. The molecule has 0 aliphatic heterocycles. The highest BCUT2D eigenvalue weighted by molar-refractivity contribution is 5.89. The molecule has 0 aromatic heterocycles. The van der Waals surface area contributed by atoms with Crippen LogP contribution in [-0.2, 0) is 11.2 Å². The van der Waals surface area contributed by atoms with Crippen LogP contribution in [0.15, 0.2) is 60.7 Å². The van der Waals surface area contributed by atoms with E-state index in [4.69, 9.17) is 4.74 Å². The molecule has 2 nitrogen and oxygen atoms in total. The van der Waals surface area contributed by atoms with Crippen LogP contribution >= 0.6 is 0 Å². The van der Waals surface area contributed by atoms with Gasteiger partial charge in [-0.2, -0.15) is 0 Å². The molecule has 0 amide bonds. The zero-order chi connectivity index (χ0) is 17.6. The van der Waals surface area contributed by atoms with Crippen LogP contribution in [0.25, 0.3) is 21.9 Å². The van der Waals surface area contributed by atoms with Crippen LogP contribution in [-0.4, -0.2) is 12.9 Å². The number of Topliss-reactive ketones (excluding diaryl/α,β-unsaturated/α-hetero) is 1. The van der Waals surface area contributed by atoms with Crippen LogP contribution in [0.1, 0.15) is 31.7 Å². The first kappa shape index (κ1) is 17.2. The minimum absolute atomic E-state index is 0.329. The van der Waals surface area contributed by atoms with Crippen molar-refractivity contribution in [1.82, 2.24) is 0 Å². The maximum Gasteiger partial charge on any atom is 0.133 e. The Hall–Kier alpha value is -2.61. The number of hydrogen-bond donors (Lipinski definition) is 0. The first-order valence-corrected chi connectivity index (χ1v) is 8.89. The average molecular weight is 332 g/mol. The van der Waals surface area contributed by atoms with Crippen molar-refractivity contribution in [2.45, 2.75) is 32.6 Å². The van der Waals surface area contributed by atoms with Crippen LogP contribution in [0.5, 0.6) is 5.75 Å². The predicted octanol–water partition coefficient (Wildman–Crippen LogP) is 5.82. The molecule has 0 atom stereocenters. The quantitative estimate of drug-likeness (QED) is 0.545. The first-order chi connectivity index (χ1) is 12.2. The second-order valence-corrected chi connectivity index (χ2v) is 6.35. The average Bonchev–Trinajstić information content (AvgIpc) is 2.65. The number of methoxy groups -OCH3 is 1. The molecule has 0 saturated carbocycles. The van der Waals surface area contributed by atoms with Gasteiger partial charge in [0.25, 0.3) is 0 Å². The Morgan fingerprint density at radius 1 is 0.920 bits per heavy atom. The summed E-state index contributed by atoms with van der Waals surface area (Å²) in [4.78, 5) is 12.0. The van der Waals surface area contributed by atoms with Crippen molar-refractivity contribution >= 4 is 16.6 Å². The summed E-state index contributed by atoms with van der Waals surface area (Å²) in [5, 5.41) is 2.43. The Morgan fingerprint density at radius 2 is 1.72 bits per heavy atom. The molecule has 2 heteroatoms. The van der Waals surface area contributed by atoms with E-state index >= 15 is 0 Å². The van der Waals surface area contributed by atoms with E-state index in [1.807, 2.05) is 19.1 Å². The van der Waals surface area contributed by atoms with Gasteiger partial charge in [0.1, 0.15) is 11.5 Å². The van der Waals surface area contributed by atoms with Crippen molar-refractivity contribution in [3.8, 4) is 16.9 Å². The zero-order valence-corrected chi connectivity index (χ0v) is 14.9. The van der Waals surface area contributed by atoms with Gasteiger partial charge in [-0.25, -0.2) is 0 Å². The van der Waals surface area contributed by atoms with E-state index in [1.165, 1.54) is 16.3 Å². The number of ketones is 1. The summed E-state index contributed by atoms with van der Waals surface area (Å²) in [7, 11) is 1.70. The third-order valence-electron chi connectivity index (χ3n) is 4.57. The monoisotopic (exact) mass is 332 g/mol. The van der Waals surface area contributed by atoms with Crippen LogP contribution in [0, 0.1) is 0 Å². The highest BCUT2D eigenvalue weighted by Crippen LogP contribution is 2.35. The summed E-state index contributed by atoms with van der Waals surface area (Å²) in [5.74, 6) is 1.19. The van der Waals surface area contributed by atoms with E-state index in [1.54, 1.807) is 7.11 Å². The Bertz CT molecular complexity index is 880. The number of fused-ring (bicyclic) bond motifs is 1. The van der Waals surface area contributed by atoms with Gasteiger partial charge in [-0.15, -0.1) is 0 Å². The molecule has 0 unspecified atom stereocenters. The van der Waals surface area contributed by atoms with Crippen molar-refractivity contribution in [3.63, 3.8) is 0 Å². The molecular weight excluding hydrogens is 308 g/mol. The number of benzene rings is 3. The SMILES string of the molecule is CCCC(=O)CCc1cccc(OC)c1-c1ccc2ccccc2c1. The molecule has 0 bridgehead atoms. The maximum absolute atomic E-state index is 12.0. The third kappa shape index (κ3) is 3.90. The molecule has 0 spiro atoms. The van der Waals surface area contributed by atoms with E-state index < -0.39 is 0 Å². The smallest absolute Gasteiger partial charge is 0.133 e. The second-order valence-electron chi connectivity index (χ2n) is 6.35. The lowest BCUT2D eigenvalue weighted by atomic mass is 9.93. The van der Waals surface area contributed by atoms with Crippen LogP contribution in [0.2, 0.25) is 0 Å². The number of ether oxygens (including phenoxy) is 1. The van der Waals surface area contributed by atoms with Crippen molar-refractivity contribution in [2.75, 3.05) is 7.11 Å². The van der Waals surface area contributed by atoms with Crippen LogP contribution in [0.3, 0.4) is 0 Å². The van der Waals surface area contributed by atoms with Gasteiger partial charge >= 0.3 is 0 Å². The van der Waals surface area contributed by atoms with Gasteiger partial charge in [0.05, 0.1) is 7.11 Å². The van der Waals surface area contributed by atoms with Crippen molar-refractivity contribution < 1.29 is 9.53 Å². The fraction of sp³-hybridized carbons (Fsp3) is 0.261. The number of aryl methyl sites for hydroxylation is 1. The number of carbonyl (C=O) groups excluding carboxylic acids is 1. The number of rotatable bonds is 7. The molecule has 0 saturated heterocycles. The molecular formula is C23H24O2. The van der Waals surface area contributed by atoms with Gasteiger partial charge < -0.3 is 4.74 Å². The molecule has 3 aromatic carbocycles. The van der Waals surface area contributed by atoms with Gasteiger partial charge in [0.15, 0.2) is 0 Å². The van der Waals surface area contributed by atoms with E-state index in [0.717, 1.165) is 29.7 Å². The standard InChI is InChI=1S/C23H24O2/c1-3-7-21(24)15-14-18-10-6-11-22(25-2)23(18)20-13-12-17-8-4-5-9-19(17)16-20/h4-6,8-13,16H,3,7,14-15H2,1-2H3. The Labute approximate surface area is 149 Å². The van der Waals surface area contributed by atoms with Crippen molar-refractivity contribution in [1.29, 1.82) is 0 Å². The Balaban J connectivity index is 2.01. The summed E-state index contributed by atoms with van der Waals surface area (Å²) < 4.78 is 5.62. The lowest BCUT2D eigenvalue weighted by Crippen LogP contribution is -2.01. The van der Waals surface area contributed by atoms with Gasteiger partial charge in [0.2, 0.25) is 0 Å². The Kier molecular flexibility index (Phi) is 5.49. The molecule has 3 rings (SSSR count). The van der Waals surface area contributed by atoms with E-state index in [9.17, 15) is 4.79 Å². The second kappa shape index (κ2) is 7.98. The summed E-state index contributed by atoms with van der Waals surface area (Å²) in [6.07, 6.45) is 2.91. The zero-order valence-electron chi connectivity index (χ0n) is 14.9. The topological polar surface area (TPSA) is 26.3 Å². The van der Waals surface area contributed by atoms with E-state index in [2.05, 4.69) is 48.5 Å². The number of hydrogen-bond acceptors (Lipinski definition) is 2. The highest BCUT2D eigenvalue weighted by atomic mass is 16.5. The molecule has 25 heavy (non-hydrogen) atoms. The lowest BCUT2D eigenvalue weighted by molar-refractivity contribution is -0.119. The minimum atomic E-state index is 0.329. The summed E-state index contributed by atoms with van der Waals surface area (Å²) in [6.45, 7) is 2.05. The molecule has 128 valence electrons. The van der Waals surface area contributed by atoms with Crippen LogP contribution in [0.4, 0.5) is 0 Å². The summed E-state index contributed by atoms with van der Waals surface area (Å²) in [6, 6.07) is 20.9. The van der Waals surface area contributed by atoms with Gasteiger partial charge in [0, 0.05) is 18.4 Å².